The smallest absolute Gasteiger partial charge is 0.322 e. The minimum absolute atomic E-state index is 0.119. The van der Waals surface area contributed by atoms with E-state index in [4.69, 9.17) is 11.6 Å². The summed E-state index contributed by atoms with van der Waals surface area (Å²) in [6.07, 6.45) is 1.55. The summed E-state index contributed by atoms with van der Waals surface area (Å²) in [5.41, 5.74) is 0.716. The molecule has 1 unspecified atom stereocenters. The fraction of sp³-hybridized carbons (Fsp3) is 0.429. The lowest BCUT2D eigenvalue weighted by atomic mass is 10.1. The summed E-state index contributed by atoms with van der Waals surface area (Å²) in [4.78, 5) is 25.5. The molecular weight excluding hydrogens is 278 g/mol. The zero-order chi connectivity index (χ0) is 14.5. The Morgan fingerprint density at radius 3 is 3.00 bits per heavy atom. The topological polar surface area (TPSA) is 61.4 Å². The third-order valence-electron chi connectivity index (χ3n) is 3.26. The van der Waals surface area contributed by atoms with E-state index >= 15 is 0 Å². The Bertz CT molecular complexity index is 507. The van der Waals surface area contributed by atoms with Crippen LogP contribution >= 0.6 is 11.6 Å². The van der Waals surface area contributed by atoms with Crippen molar-refractivity contribution < 1.29 is 9.59 Å². The van der Waals surface area contributed by atoms with Gasteiger partial charge in [0.05, 0.1) is 0 Å². The van der Waals surface area contributed by atoms with E-state index in [9.17, 15) is 9.59 Å². The molecule has 0 radical (unpaired) electrons. The first-order valence-electron chi connectivity index (χ1n) is 6.73. The van der Waals surface area contributed by atoms with Gasteiger partial charge in [0.15, 0.2) is 0 Å². The van der Waals surface area contributed by atoms with Crippen LogP contribution in [0.15, 0.2) is 24.3 Å². The van der Waals surface area contributed by atoms with Gasteiger partial charge in [0.2, 0.25) is 5.91 Å². The van der Waals surface area contributed by atoms with Crippen molar-refractivity contribution in [2.24, 2.45) is 0 Å². The van der Waals surface area contributed by atoms with Gasteiger partial charge < -0.3 is 10.6 Å². The van der Waals surface area contributed by atoms with Gasteiger partial charge >= 0.3 is 6.03 Å². The van der Waals surface area contributed by atoms with Crippen molar-refractivity contribution in [3.8, 4) is 0 Å². The third kappa shape index (κ3) is 3.42. The Labute approximate surface area is 123 Å². The summed E-state index contributed by atoms with van der Waals surface area (Å²) >= 11 is 5.94. The molecule has 20 heavy (non-hydrogen) atoms. The molecule has 1 saturated heterocycles. The van der Waals surface area contributed by atoms with Crippen LogP contribution in [0.3, 0.4) is 0 Å². The van der Waals surface area contributed by atoms with Crippen LogP contribution in [-0.2, 0) is 4.79 Å². The molecule has 0 aliphatic carbocycles. The molecule has 0 aromatic heterocycles. The summed E-state index contributed by atoms with van der Waals surface area (Å²) in [5, 5.41) is 6.09. The zero-order valence-electron chi connectivity index (χ0n) is 11.4. The number of nitrogens with one attached hydrogen (secondary N) is 2. The number of nitrogens with zero attached hydrogens (tertiary/aromatic N) is 1. The minimum Gasteiger partial charge on any atom is -0.354 e. The van der Waals surface area contributed by atoms with Crippen molar-refractivity contribution >= 4 is 29.2 Å². The van der Waals surface area contributed by atoms with Gasteiger partial charge in [0.1, 0.15) is 6.04 Å². The summed E-state index contributed by atoms with van der Waals surface area (Å²) in [6, 6.07) is 6.36. The highest BCUT2D eigenvalue weighted by molar-refractivity contribution is 6.30. The van der Waals surface area contributed by atoms with Crippen LogP contribution in [0.25, 0.3) is 0 Å². The summed E-state index contributed by atoms with van der Waals surface area (Å²) in [7, 11) is 0. The molecule has 1 heterocycles. The molecule has 1 aromatic carbocycles. The highest BCUT2D eigenvalue weighted by atomic mass is 35.5. The lowest BCUT2D eigenvalue weighted by molar-refractivity contribution is -0.124. The van der Waals surface area contributed by atoms with Gasteiger partial charge in [-0.05, 0) is 38.0 Å². The molecule has 1 fully saturated rings. The molecule has 0 bridgehead atoms. The van der Waals surface area contributed by atoms with Crippen molar-refractivity contribution in [3.63, 3.8) is 0 Å². The van der Waals surface area contributed by atoms with Crippen molar-refractivity contribution in [1.29, 1.82) is 0 Å². The number of piperidine rings is 1. The van der Waals surface area contributed by atoms with Crippen LogP contribution in [0.1, 0.15) is 19.8 Å². The van der Waals surface area contributed by atoms with Crippen LogP contribution in [0.4, 0.5) is 10.5 Å². The molecule has 6 heteroatoms. The largest absolute Gasteiger partial charge is 0.354 e. The fourth-order valence-electron chi connectivity index (χ4n) is 2.22. The lowest BCUT2D eigenvalue weighted by Gasteiger charge is -2.27. The average Bonchev–Trinajstić information content (AvgIpc) is 2.42. The van der Waals surface area contributed by atoms with Crippen LogP contribution in [0.5, 0.6) is 0 Å². The van der Waals surface area contributed by atoms with Crippen molar-refractivity contribution in [2.75, 3.05) is 18.0 Å². The van der Waals surface area contributed by atoms with Crippen molar-refractivity contribution in [3.05, 3.63) is 29.3 Å². The van der Waals surface area contributed by atoms with Gasteiger partial charge in [-0.25, -0.2) is 4.79 Å². The normalized spacial score (nSPS) is 18.3. The van der Waals surface area contributed by atoms with E-state index in [2.05, 4.69) is 10.6 Å². The number of benzene rings is 1. The van der Waals surface area contributed by atoms with Gasteiger partial charge in [-0.2, -0.15) is 0 Å². The highest BCUT2D eigenvalue weighted by Gasteiger charge is 2.25. The first-order valence-corrected chi connectivity index (χ1v) is 7.11. The second kappa shape index (κ2) is 6.61. The van der Waals surface area contributed by atoms with E-state index in [1.807, 2.05) is 13.0 Å². The van der Waals surface area contributed by atoms with Gasteiger partial charge in [-0.15, -0.1) is 0 Å². The molecule has 1 aliphatic heterocycles. The van der Waals surface area contributed by atoms with E-state index < -0.39 is 6.04 Å². The zero-order valence-corrected chi connectivity index (χ0v) is 12.1. The van der Waals surface area contributed by atoms with Gasteiger partial charge in [0, 0.05) is 23.8 Å². The molecule has 2 N–H and O–H groups in total. The number of anilines is 1. The van der Waals surface area contributed by atoms with Crippen LogP contribution in [-0.4, -0.2) is 31.1 Å². The maximum absolute atomic E-state index is 12.3. The van der Waals surface area contributed by atoms with E-state index in [-0.39, 0.29) is 11.9 Å². The van der Waals surface area contributed by atoms with Crippen molar-refractivity contribution in [1.82, 2.24) is 10.6 Å². The fourth-order valence-corrected chi connectivity index (χ4v) is 2.41. The Morgan fingerprint density at radius 1 is 1.55 bits per heavy atom. The summed E-state index contributed by atoms with van der Waals surface area (Å²) in [5.74, 6) is -0.119. The van der Waals surface area contributed by atoms with E-state index in [0.29, 0.717) is 30.2 Å². The predicted molar refractivity (Wildman–Crippen MR) is 79.0 cm³/mol. The Kier molecular flexibility index (Phi) is 4.84. The maximum Gasteiger partial charge on any atom is 0.322 e. The number of hydrogen-bond acceptors (Lipinski definition) is 2. The Hall–Kier alpha value is -1.75. The first kappa shape index (κ1) is 14.7. The summed E-state index contributed by atoms with van der Waals surface area (Å²) < 4.78 is 0. The van der Waals surface area contributed by atoms with Crippen molar-refractivity contribution in [2.45, 2.75) is 25.8 Å². The molecule has 0 saturated carbocycles. The number of urea groups is 1. The van der Waals surface area contributed by atoms with Crippen LogP contribution in [0.2, 0.25) is 5.02 Å². The molecule has 2 rings (SSSR count). The average molecular weight is 296 g/mol. The number of halogens is 1. The number of carbonyl (C=O) groups is 2. The Morgan fingerprint density at radius 2 is 2.35 bits per heavy atom. The molecule has 1 aromatic rings. The molecule has 1 atom stereocenters. The number of hydrogen-bond donors (Lipinski definition) is 2. The molecule has 0 spiro atoms. The maximum atomic E-state index is 12.3. The van der Waals surface area contributed by atoms with E-state index in [1.165, 1.54) is 0 Å². The molecular formula is C14H18ClN3O2. The molecule has 5 nitrogen and oxygen atoms in total. The monoisotopic (exact) mass is 295 g/mol. The quantitative estimate of drug-likeness (QED) is 0.897. The van der Waals surface area contributed by atoms with E-state index in [1.54, 1.807) is 23.1 Å². The number of rotatable bonds is 3. The van der Waals surface area contributed by atoms with Gasteiger partial charge in [0.25, 0.3) is 0 Å². The molecule has 3 amide bonds. The first-order chi connectivity index (χ1) is 9.61. The SMILES string of the molecule is CCN(C(=O)NC1CCCNC1=O)c1cccc(Cl)c1. The Balaban J connectivity index is 2.07. The number of amides is 3. The standard InChI is InChI=1S/C14H18ClN3O2/c1-2-18(11-6-3-5-10(15)9-11)14(20)17-12-7-4-8-16-13(12)19/h3,5-6,9,12H,2,4,7-8H2,1H3,(H,16,19)(H,17,20). The third-order valence-corrected chi connectivity index (χ3v) is 3.50. The highest BCUT2D eigenvalue weighted by Crippen LogP contribution is 2.19. The second-order valence-electron chi connectivity index (χ2n) is 4.66. The lowest BCUT2D eigenvalue weighted by Crippen LogP contribution is -2.53. The molecule has 108 valence electrons. The number of carbonyl (C=O) groups excluding carboxylic acids is 2. The van der Waals surface area contributed by atoms with Crippen LogP contribution in [0, 0.1) is 0 Å². The minimum atomic E-state index is -0.454. The van der Waals surface area contributed by atoms with Crippen LogP contribution < -0.4 is 15.5 Å². The second-order valence-corrected chi connectivity index (χ2v) is 5.10. The molecule has 1 aliphatic rings. The summed E-state index contributed by atoms with van der Waals surface area (Å²) in [6.45, 7) is 3.05. The van der Waals surface area contributed by atoms with E-state index in [0.717, 1.165) is 6.42 Å². The van der Waals surface area contributed by atoms with Gasteiger partial charge in [-0.1, -0.05) is 17.7 Å². The predicted octanol–water partition coefficient (Wildman–Crippen LogP) is 2.15. The van der Waals surface area contributed by atoms with Gasteiger partial charge in [-0.3, -0.25) is 9.69 Å².